The fourth-order valence-corrected chi connectivity index (χ4v) is 3.54. The molecule has 1 aliphatic carbocycles. The first kappa shape index (κ1) is 14.8. The zero-order chi connectivity index (χ0) is 13.8. The van der Waals surface area contributed by atoms with Crippen LogP contribution in [0.1, 0.15) is 45.4 Å². The summed E-state index contributed by atoms with van der Waals surface area (Å²) in [5, 5.41) is 9.44. The first-order chi connectivity index (χ1) is 9.13. The first-order valence-electron chi connectivity index (χ1n) is 7.74. The molecule has 1 saturated carbocycles. The number of likely N-dealkylation sites (tertiary alicyclic amines) is 1. The normalized spacial score (nSPS) is 29.6. The van der Waals surface area contributed by atoms with E-state index in [-0.39, 0.29) is 18.6 Å². The van der Waals surface area contributed by atoms with Crippen LogP contribution < -0.4 is 0 Å². The number of aliphatic hydroxyl groups excluding tert-OH is 1. The molecule has 1 amide bonds. The number of rotatable bonds is 4. The summed E-state index contributed by atoms with van der Waals surface area (Å²) in [6.45, 7) is 3.75. The quantitative estimate of drug-likeness (QED) is 0.840. The molecule has 2 fully saturated rings. The van der Waals surface area contributed by atoms with Crippen molar-refractivity contribution in [2.75, 3.05) is 26.7 Å². The third-order valence-corrected chi connectivity index (χ3v) is 5.04. The van der Waals surface area contributed by atoms with Crippen LogP contribution in [0.4, 0.5) is 0 Å². The van der Waals surface area contributed by atoms with Gasteiger partial charge in [-0.1, -0.05) is 26.2 Å². The number of hydrogen-bond acceptors (Lipinski definition) is 3. The molecule has 2 unspecified atom stereocenters. The SMILES string of the molecule is CC1CCN(CC(=O)N(C)C2CCCCC2)C1CO. The Balaban J connectivity index is 1.86. The Labute approximate surface area is 116 Å². The van der Waals surface area contributed by atoms with E-state index in [9.17, 15) is 9.90 Å². The molecule has 0 aromatic heterocycles. The van der Waals surface area contributed by atoms with Crippen molar-refractivity contribution in [1.29, 1.82) is 0 Å². The van der Waals surface area contributed by atoms with E-state index in [0.29, 0.717) is 18.5 Å². The molecule has 1 N–H and O–H groups in total. The second-order valence-electron chi connectivity index (χ2n) is 6.28. The van der Waals surface area contributed by atoms with Crippen molar-refractivity contribution in [2.24, 2.45) is 5.92 Å². The number of nitrogens with zero attached hydrogens (tertiary/aromatic N) is 2. The highest BCUT2D eigenvalue weighted by atomic mass is 16.3. The Hall–Kier alpha value is -0.610. The number of likely N-dealkylation sites (N-methyl/N-ethyl adjacent to an activating group) is 1. The van der Waals surface area contributed by atoms with Gasteiger partial charge in [-0.3, -0.25) is 9.69 Å². The highest BCUT2D eigenvalue weighted by Gasteiger charge is 2.33. The monoisotopic (exact) mass is 268 g/mol. The molecule has 4 nitrogen and oxygen atoms in total. The number of carbonyl (C=O) groups is 1. The third kappa shape index (κ3) is 3.48. The summed E-state index contributed by atoms with van der Waals surface area (Å²) in [6, 6.07) is 0.609. The summed E-state index contributed by atoms with van der Waals surface area (Å²) in [4.78, 5) is 16.5. The Bertz CT molecular complexity index is 303. The fourth-order valence-electron chi connectivity index (χ4n) is 3.54. The molecular formula is C15H28N2O2. The van der Waals surface area contributed by atoms with Gasteiger partial charge in [0.05, 0.1) is 13.2 Å². The maximum atomic E-state index is 12.4. The minimum atomic E-state index is 0.168. The molecule has 4 heteroatoms. The molecule has 2 aliphatic rings. The van der Waals surface area contributed by atoms with Gasteiger partial charge in [0.15, 0.2) is 0 Å². The van der Waals surface area contributed by atoms with Crippen LogP contribution >= 0.6 is 0 Å². The van der Waals surface area contributed by atoms with E-state index in [2.05, 4.69) is 11.8 Å². The van der Waals surface area contributed by atoms with Crippen LogP contribution in [-0.2, 0) is 4.79 Å². The molecule has 110 valence electrons. The van der Waals surface area contributed by atoms with E-state index in [1.807, 2.05) is 11.9 Å². The van der Waals surface area contributed by atoms with Gasteiger partial charge in [-0.25, -0.2) is 0 Å². The number of hydrogen-bond donors (Lipinski definition) is 1. The molecule has 0 spiro atoms. The zero-order valence-electron chi connectivity index (χ0n) is 12.3. The van der Waals surface area contributed by atoms with Crippen LogP contribution in [0.25, 0.3) is 0 Å². The minimum absolute atomic E-state index is 0.168. The molecule has 1 saturated heterocycles. The molecule has 2 atom stereocenters. The summed E-state index contributed by atoms with van der Waals surface area (Å²) in [5.74, 6) is 0.720. The van der Waals surface area contributed by atoms with E-state index in [4.69, 9.17) is 0 Å². The van der Waals surface area contributed by atoms with Crippen molar-refractivity contribution in [3.8, 4) is 0 Å². The molecule has 19 heavy (non-hydrogen) atoms. The Morgan fingerprint density at radius 1 is 1.26 bits per heavy atom. The molecule has 1 aliphatic heterocycles. The predicted octanol–water partition coefficient (Wildman–Crippen LogP) is 1.48. The summed E-state index contributed by atoms with van der Waals surface area (Å²) >= 11 is 0. The standard InChI is InChI=1S/C15H28N2O2/c1-12-8-9-17(14(12)11-18)10-15(19)16(2)13-6-4-3-5-7-13/h12-14,18H,3-11H2,1-2H3. The molecule has 1 heterocycles. The molecule has 0 radical (unpaired) electrons. The molecule has 2 rings (SSSR count). The lowest BCUT2D eigenvalue weighted by atomic mass is 9.94. The summed E-state index contributed by atoms with van der Waals surface area (Å²) in [6.07, 6.45) is 7.22. The molecule has 0 aromatic rings. The summed E-state index contributed by atoms with van der Waals surface area (Å²) < 4.78 is 0. The van der Waals surface area contributed by atoms with Gasteiger partial charge < -0.3 is 10.0 Å². The highest BCUT2D eigenvalue weighted by Crippen LogP contribution is 2.25. The van der Waals surface area contributed by atoms with Crippen molar-refractivity contribution >= 4 is 5.91 Å². The molecule has 0 aromatic carbocycles. The zero-order valence-corrected chi connectivity index (χ0v) is 12.3. The van der Waals surface area contributed by atoms with Crippen molar-refractivity contribution in [3.05, 3.63) is 0 Å². The Kier molecular flexibility index (Phi) is 5.22. The Morgan fingerprint density at radius 3 is 2.58 bits per heavy atom. The van der Waals surface area contributed by atoms with Crippen molar-refractivity contribution in [1.82, 2.24) is 9.80 Å². The first-order valence-corrected chi connectivity index (χ1v) is 7.74. The Morgan fingerprint density at radius 2 is 1.95 bits per heavy atom. The fraction of sp³-hybridized carbons (Fsp3) is 0.933. The van der Waals surface area contributed by atoms with E-state index in [1.54, 1.807) is 0 Å². The van der Waals surface area contributed by atoms with Crippen LogP contribution in [0, 0.1) is 5.92 Å². The van der Waals surface area contributed by atoms with E-state index < -0.39 is 0 Å². The van der Waals surface area contributed by atoms with Gasteiger partial charge in [-0.15, -0.1) is 0 Å². The summed E-state index contributed by atoms with van der Waals surface area (Å²) in [5.41, 5.74) is 0. The highest BCUT2D eigenvalue weighted by molar-refractivity contribution is 5.78. The van der Waals surface area contributed by atoms with Gasteiger partial charge in [0.2, 0.25) is 5.91 Å². The number of carbonyl (C=O) groups excluding carboxylic acids is 1. The number of aliphatic hydroxyl groups is 1. The van der Waals surface area contributed by atoms with Crippen LogP contribution in [-0.4, -0.2) is 59.6 Å². The van der Waals surface area contributed by atoms with Crippen molar-refractivity contribution < 1.29 is 9.90 Å². The largest absolute Gasteiger partial charge is 0.395 e. The second-order valence-corrected chi connectivity index (χ2v) is 6.28. The van der Waals surface area contributed by atoms with Gasteiger partial charge in [0, 0.05) is 19.1 Å². The average molecular weight is 268 g/mol. The lowest BCUT2D eigenvalue weighted by molar-refractivity contribution is -0.134. The van der Waals surface area contributed by atoms with Gasteiger partial charge in [-0.2, -0.15) is 0 Å². The lowest BCUT2D eigenvalue weighted by Gasteiger charge is -2.33. The van der Waals surface area contributed by atoms with Crippen molar-refractivity contribution in [2.45, 2.75) is 57.5 Å². The van der Waals surface area contributed by atoms with Gasteiger partial charge >= 0.3 is 0 Å². The lowest BCUT2D eigenvalue weighted by Crippen LogP contribution is -2.46. The van der Waals surface area contributed by atoms with Gasteiger partial charge in [-0.05, 0) is 31.7 Å². The molecule has 0 bridgehead atoms. The van der Waals surface area contributed by atoms with E-state index in [0.717, 1.165) is 25.8 Å². The molecular weight excluding hydrogens is 240 g/mol. The predicted molar refractivity (Wildman–Crippen MR) is 75.9 cm³/mol. The van der Waals surface area contributed by atoms with Crippen LogP contribution in [0.2, 0.25) is 0 Å². The topological polar surface area (TPSA) is 43.8 Å². The third-order valence-electron chi connectivity index (χ3n) is 5.04. The second kappa shape index (κ2) is 6.71. The van der Waals surface area contributed by atoms with Crippen LogP contribution in [0.5, 0.6) is 0 Å². The minimum Gasteiger partial charge on any atom is -0.395 e. The number of amides is 1. The maximum Gasteiger partial charge on any atom is 0.236 e. The van der Waals surface area contributed by atoms with Crippen LogP contribution in [0.3, 0.4) is 0 Å². The van der Waals surface area contributed by atoms with Gasteiger partial charge in [0.25, 0.3) is 0 Å². The van der Waals surface area contributed by atoms with E-state index >= 15 is 0 Å². The van der Waals surface area contributed by atoms with Gasteiger partial charge in [0.1, 0.15) is 0 Å². The van der Waals surface area contributed by atoms with Crippen LogP contribution in [0.15, 0.2) is 0 Å². The van der Waals surface area contributed by atoms with Crippen molar-refractivity contribution in [3.63, 3.8) is 0 Å². The average Bonchev–Trinajstić information content (AvgIpc) is 2.79. The smallest absolute Gasteiger partial charge is 0.236 e. The van der Waals surface area contributed by atoms with E-state index in [1.165, 1.54) is 19.3 Å². The summed E-state index contributed by atoms with van der Waals surface area (Å²) in [7, 11) is 1.95. The maximum absolute atomic E-state index is 12.4.